The number of hydrogen-bond donors (Lipinski definition) is 1. The van der Waals surface area contributed by atoms with E-state index in [1.54, 1.807) is 48.4 Å². The van der Waals surface area contributed by atoms with Crippen LogP contribution in [0.15, 0.2) is 48.8 Å². The number of nitrogens with zero attached hydrogens (tertiary/aromatic N) is 4. The number of fused-ring (bicyclic) bond motifs is 2. The fraction of sp³-hybridized carbons (Fsp3) is 0.296. The minimum Gasteiger partial charge on any atom is -0.385 e. The van der Waals surface area contributed by atoms with E-state index in [4.69, 9.17) is 0 Å². The van der Waals surface area contributed by atoms with Crippen LogP contribution in [0.4, 0.5) is 8.78 Å². The number of hydrogen-bond acceptors (Lipinski definition) is 4. The molecule has 0 spiro atoms. The molecule has 5 rings (SSSR count). The Morgan fingerprint density at radius 2 is 1.80 bits per heavy atom. The third-order valence-corrected chi connectivity index (χ3v) is 7.01. The predicted octanol–water partition coefficient (Wildman–Crippen LogP) is 5.08. The van der Waals surface area contributed by atoms with Gasteiger partial charge in [0.1, 0.15) is 11.6 Å². The maximum Gasteiger partial charge on any atom is 0.256 e. The molecule has 6 nitrogen and oxygen atoms in total. The Bertz CT molecular complexity index is 1440. The molecule has 1 aliphatic heterocycles. The van der Waals surface area contributed by atoms with Crippen LogP contribution in [0.2, 0.25) is 0 Å². The van der Waals surface area contributed by atoms with Gasteiger partial charge in [-0.1, -0.05) is 26.0 Å². The topological polar surface area (TPSA) is 71.2 Å². The molecule has 0 aliphatic carbocycles. The summed E-state index contributed by atoms with van der Waals surface area (Å²) in [5, 5.41) is 16.4. The molecule has 1 amide bonds. The molecular formula is C27H26F2N4O2. The third-order valence-electron chi connectivity index (χ3n) is 7.01. The number of aryl methyl sites for hydroxylation is 1. The first-order valence-electron chi connectivity index (χ1n) is 11.7. The van der Waals surface area contributed by atoms with Gasteiger partial charge in [0.2, 0.25) is 0 Å². The van der Waals surface area contributed by atoms with Crippen molar-refractivity contribution in [2.75, 3.05) is 0 Å². The molecule has 8 heteroatoms. The summed E-state index contributed by atoms with van der Waals surface area (Å²) < 4.78 is 32.1. The van der Waals surface area contributed by atoms with E-state index in [1.165, 1.54) is 17.0 Å². The molecule has 4 aromatic rings. The van der Waals surface area contributed by atoms with Crippen LogP contribution in [-0.4, -0.2) is 30.7 Å². The van der Waals surface area contributed by atoms with Gasteiger partial charge in [-0.15, -0.1) is 0 Å². The van der Waals surface area contributed by atoms with E-state index < -0.39 is 17.2 Å². The molecule has 180 valence electrons. The van der Waals surface area contributed by atoms with Crippen molar-refractivity contribution in [1.82, 2.24) is 19.7 Å². The zero-order valence-electron chi connectivity index (χ0n) is 19.8. The zero-order chi connectivity index (χ0) is 24.9. The van der Waals surface area contributed by atoms with Crippen LogP contribution in [0.1, 0.15) is 53.9 Å². The molecule has 2 aromatic carbocycles. The molecule has 0 atom stereocenters. The van der Waals surface area contributed by atoms with Crippen molar-refractivity contribution in [2.45, 2.75) is 45.4 Å². The first kappa shape index (κ1) is 23.1. The highest BCUT2D eigenvalue weighted by atomic mass is 19.1. The van der Waals surface area contributed by atoms with E-state index in [0.29, 0.717) is 51.7 Å². The van der Waals surface area contributed by atoms with Crippen molar-refractivity contribution in [1.29, 1.82) is 0 Å². The van der Waals surface area contributed by atoms with E-state index in [1.807, 2.05) is 13.8 Å². The first-order valence-corrected chi connectivity index (χ1v) is 11.7. The van der Waals surface area contributed by atoms with Crippen LogP contribution in [0.5, 0.6) is 0 Å². The molecule has 0 unspecified atom stereocenters. The van der Waals surface area contributed by atoms with E-state index in [-0.39, 0.29) is 24.6 Å². The molecule has 0 saturated heterocycles. The second-order valence-corrected chi connectivity index (χ2v) is 9.04. The summed E-state index contributed by atoms with van der Waals surface area (Å²) in [6.07, 6.45) is 4.41. The number of amides is 1. The highest BCUT2D eigenvalue weighted by Gasteiger charge is 2.31. The molecule has 0 fully saturated rings. The van der Waals surface area contributed by atoms with E-state index in [2.05, 4.69) is 10.1 Å². The van der Waals surface area contributed by atoms with Crippen molar-refractivity contribution >= 4 is 16.8 Å². The largest absolute Gasteiger partial charge is 0.385 e. The lowest BCUT2D eigenvalue weighted by Crippen LogP contribution is -2.24. The van der Waals surface area contributed by atoms with Crippen LogP contribution in [0.3, 0.4) is 0 Å². The molecule has 1 N–H and O–H groups in total. The zero-order valence-corrected chi connectivity index (χ0v) is 19.8. The molecule has 0 radical (unpaired) electrons. The third kappa shape index (κ3) is 3.78. The Morgan fingerprint density at radius 3 is 2.46 bits per heavy atom. The Labute approximate surface area is 201 Å². The quantitative estimate of drug-likeness (QED) is 0.422. The fourth-order valence-electron chi connectivity index (χ4n) is 4.89. The van der Waals surface area contributed by atoms with E-state index in [9.17, 15) is 9.90 Å². The predicted molar refractivity (Wildman–Crippen MR) is 128 cm³/mol. The van der Waals surface area contributed by atoms with Crippen LogP contribution in [0.25, 0.3) is 22.0 Å². The number of carbonyl (C=O) groups is 1. The second-order valence-electron chi connectivity index (χ2n) is 9.04. The lowest BCUT2D eigenvalue weighted by atomic mass is 9.85. The first-order chi connectivity index (χ1) is 16.8. The summed E-state index contributed by atoms with van der Waals surface area (Å²) in [4.78, 5) is 18.2. The smallest absolute Gasteiger partial charge is 0.256 e. The Balaban J connectivity index is 1.53. The van der Waals surface area contributed by atoms with Gasteiger partial charge in [-0.05, 0) is 48.2 Å². The van der Waals surface area contributed by atoms with Crippen molar-refractivity contribution < 1.29 is 18.7 Å². The van der Waals surface area contributed by atoms with Gasteiger partial charge in [-0.2, -0.15) is 5.10 Å². The van der Waals surface area contributed by atoms with Crippen molar-refractivity contribution in [3.8, 4) is 11.1 Å². The monoisotopic (exact) mass is 476 g/mol. The van der Waals surface area contributed by atoms with E-state index in [0.717, 1.165) is 0 Å². The average Bonchev–Trinajstić information content (AvgIpc) is 3.39. The Hall–Kier alpha value is -3.65. The number of benzene rings is 2. The average molecular weight is 477 g/mol. The van der Waals surface area contributed by atoms with Gasteiger partial charge in [0.05, 0.1) is 35.5 Å². The minimum absolute atomic E-state index is 0.166. The summed E-state index contributed by atoms with van der Waals surface area (Å²) >= 11 is 0. The maximum absolute atomic E-state index is 15.2. The summed E-state index contributed by atoms with van der Waals surface area (Å²) in [6, 6.07) is 9.48. The lowest BCUT2D eigenvalue weighted by Gasteiger charge is -2.26. The molecule has 0 saturated carbocycles. The number of halogens is 2. The lowest BCUT2D eigenvalue weighted by molar-refractivity contribution is 0.0297. The molecule has 0 bridgehead atoms. The van der Waals surface area contributed by atoms with Crippen molar-refractivity contribution in [3.63, 3.8) is 0 Å². The summed E-state index contributed by atoms with van der Waals surface area (Å²) in [6.45, 7) is 3.85. The van der Waals surface area contributed by atoms with Gasteiger partial charge in [0.25, 0.3) is 5.91 Å². The molecule has 2 aromatic heterocycles. The molecule has 35 heavy (non-hydrogen) atoms. The van der Waals surface area contributed by atoms with Crippen LogP contribution in [0, 0.1) is 11.6 Å². The van der Waals surface area contributed by atoms with Gasteiger partial charge >= 0.3 is 0 Å². The molecule has 1 aliphatic rings. The summed E-state index contributed by atoms with van der Waals surface area (Å²) in [5.41, 5.74) is 2.14. The van der Waals surface area contributed by atoms with Gasteiger partial charge in [0, 0.05) is 36.0 Å². The fourth-order valence-corrected chi connectivity index (χ4v) is 4.89. The van der Waals surface area contributed by atoms with Gasteiger partial charge in [-0.25, -0.2) is 8.78 Å². The second kappa shape index (κ2) is 8.53. The highest BCUT2D eigenvalue weighted by molar-refractivity contribution is 5.98. The van der Waals surface area contributed by atoms with Gasteiger partial charge < -0.3 is 10.0 Å². The van der Waals surface area contributed by atoms with E-state index >= 15 is 8.78 Å². The van der Waals surface area contributed by atoms with Crippen molar-refractivity contribution in [2.24, 2.45) is 7.05 Å². The van der Waals surface area contributed by atoms with Gasteiger partial charge in [0.15, 0.2) is 0 Å². The summed E-state index contributed by atoms with van der Waals surface area (Å²) in [7, 11) is 1.77. The highest BCUT2D eigenvalue weighted by Crippen LogP contribution is 2.38. The number of aliphatic hydroxyl groups is 1. The number of carbonyl (C=O) groups excluding carboxylic acids is 1. The van der Waals surface area contributed by atoms with Crippen LogP contribution < -0.4 is 0 Å². The van der Waals surface area contributed by atoms with Gasteiger partial charge in [-0.3, -0.25) is 14.5 Å². The standard InChI is InChI=1S/C27H26F2N4O2/c1-4-27(35,5-2)21-9-8-17(19-13-32(3)31-25(19)21)16-11-22(28)20(23(29)12-16)14-33-15-24-18(26(33)34)7-6-10-30-24/h6-13,35H,4-5,14-15H2,1-3H3. The minimum atomic E-state index is -1.04. The number of rotatable bonds is 6. The summed E-state index contributed by atoms with van der Waals surface area (Å²) in [5.74, 6) is -1.74. The van der Waals surface area contributed by atoms with Crippen LogP contribution >= 0.6 is 0 Å². The SMILES string of the molecule is CCC(O)(CC)c1ccc(-c2cc(F)c(CN3Cc4ncccc4C3=O)c(F)c2)c2cn(C)nc12. The normalized spacial score (nSPS) is 13.7. The maximum atomic E-state index is 15.2. The Kier molecular flexibility index (Phi) is 5.63. The van der Waals surface area contributed by atoms with Crippen LogP contribution in [-0.2, 0) is 25.7 Å². The number of aromatic nitrogens is 3. The Morgan fingerprint density at radius 1 is 1.09 bits per heavy atom. The number of pyridine rings is 1. The van der Waals surface area contributed by atoms with Crippen molar-refractivity contribution in [3.05, 3.63) is 82.8 Å². The molecular weight excluding hydrogens is 450 g/mol. The molecule has 3 heterocycles.